The number of nitrogens with one attached hydrogen (secondary N) is 1. The lowest BCUT2D eigenvalue weighted by molar-refractivity contribution is -0.144. The van der Waals surface area contributed by atoms with Gasteiger partial charge < -0.3 is 14.8 Å². The molecule has 0 aliphatic carbocycles. The lowest BCUT2D eigenvalue weighted by atomic mass is 10.3. The number of halogens is 5. The summed E-state index contributed by atoms with van der Waals surface area (Å²) in [6.07, 6.45) is -5.22. The SMILES string of the molecule is COC(=O)[C@H](CS/C(F)=C(/OCF)C(F)(F)F)NC(C)=O. The Morgan fingerprint density at radius 2 is 1.90 bits per heavy atom. The first-order valence-electron chi connectivity index (χ1n) is 5.27. The normalized spacial score (nSPS) is 14.0. The predicted octanol–water partition coefficient (Wildman–Crippen LogP) is 2.04. The van der Waals surface area contributed by atoms with Gasteiger partial charge in [0.05, 0.1) is 7.11 Å². The maximum atomic E-state index is 13.4. The minimum absolute atomic E-state index is 0.0691. The molecule has 0 unspecified atom stereocenters. The Morgan fingerprint density at radius 3 is 2.29 bits per heavy atom. The molecule has 0 radical (unpaired) electrons. The number of ether oxygens (including phenoxy) is 2. The molecule has 0 spiro atoms. The Morgan fingerprint density at radius 1 is 1.33 bits per heavy atom. The van der Waals surface area contributed by atoms with E-state index in [9.17, 15) is 31.5 Å². The van der Waals surface area contributed by atoms with Crippen molar-refractivity contribution in [2.45, 2.75) is 19.1 Å². The first-order chi connectivity index (χ1) is 9.63. The van der Waals surface area contributed by atoms with E-state index in [2.05, 4.69) is 14.8 Å². The Labute approximate surface area is 120 Å². The maximum Gasteiger partial charge on any atom is 0.452 e. The topological polar surface area (TPSA) is 64.6 Å². The highest BCUT2D eigenvalue weighted by molar-refractivity contribution is 8.02. The summed E-state index contributed by atoms with van der Waals surface area (Å²) < 4.78 is 70.1. The Hall–Kier alpha value is -1.52. The van der Waals surface area contributed by atoms with E-state index < -0.39 is 47.6 Å². The number of alkyl halides is 4. The van der Waals surface area contributed by atoms with Gasteiger partial charge in [-0.05, 0) is 0 Å². The maximum absolute atomic E-state index is 13.4. The summed E-state index contributed by atoms with van der Waals surface area (Å²) >= 11 is -0.0691. The van der Waals surface area contributed by atoms with Gasteiger partial charge in [-0.3, -0.25) is 4.79 Å². The molecule has 1 N–H and O–H groups in total. The number of allylic oxidation sites excluding steroid dienone is 1. The molecule has 0 rings (SSSR count). The van der Waals surface area contributed by atoms with Crippen molar-refractivity contribution in [3.05, 3.63) is 10.9 Å². The Kier molecular flexibility index (Phi) is 8.07. The molecular formula is C10H12F5NO4S. The van der Waals surface area contributed by atoms with Crippen LogP contribution in [0.2, 0.25) is 0 Å². The monoisotopic (exact) mass is 337 g/mol. The van der Waals surface area contributed by atoms with Crippen molar-refractivity contribution < 1.29 is 41.0 Å². The van der Waals surface area contributed by atoms with Crippen molar-refractivity contribution in [3.63, 3.8) is 0 Å². The van der Waals surface area contributed by atoms with E-state index >= 15 is 0 Å². The van der Waals surface area contributed by atoms with Crippen LogP contribution in [-0.2, 0) is 19.1 Å². The average molecular weight is 337 g/mol. The molecule has 0 aliphatic rings. The number of carbonyl (C=O) groups excluding carboxylic acids is 2. The highest BCUT2D eigenvalue weighted by Gasteiger charge is 2.40. The quantitative estimate of drug-likeness (QED) is 0.438. The Balaban J connectivity index is 4.97. The van der Waals surface area contributed by atoms with Crippen molar-refractivity contribution in [1.82, 2.24) is 5.32 Å². The van der Waals surface area contributed by atoms with Gasteiger partial charge in [-0.25, -0.2) is 9.18 Å². The molecule has 1 amide bonds. The molecule has 0 saturated heterocycles. The smallest absolute Gasteiger partial charge is 0.452 e. The third kappa shape index (κ3) is 7.16. The summed E-state index contributed by atoms with van der Waals surface area (Å²) in [5.41, 5.74) is 0. The van der Waals surface area contributed by atoms with Crippen LogP contribution in [0.3, 0.4) is 0 Å². The van der Waals surface area contributed by atoms with Gasteiger partial charge in [-0.1, -0.05) is 11.8 Å². The molecule has 0 aliphatic heterocycles. The summed E-state index contributed by atoms with van der Waals surface area (Å²) in [5, 5.41) is 0.214. The van der Waals surface area contributed by atoms with Crippen LogP contribution in [0.1, 0.15) is 6.92 Å². The zero-order chi connectivity index (χ0) is 16.6. The molecule has 0 saturated carbocycles. The van der Waals surface area contributed by atoms with Crippen molar-refractivity contribution >= 4 is 23.6 Å². The number of amides is 1. The second-order valence-corrected chi connectivity index (χ2v) is 4.42. The average Bonchev–Trinajstić information content (AvgIpc) is 2.37. The van der Waals surface area contributed by atoms with Crippen molar-refractivity contribution in [2.75, 3.05) is 19.7 Å². The summed E-state index contributed by atoms with van der Waals surface area (Å²) in [5.74, 6) is -4.36. The van der Waals surface area contributed by atoms with Gasteiger partial charge in [0.2, 0.25) is 23.7 Å². The highest BCUT2D eigenvalue weighted by Crippen LogP contribution is 2.34. The van der Waals surface area contributed by atoms with Gasteiger partial charge in [-0.2, -0.15) is 17.6 Å². The number of rotatable bonds is 7. The third-order valence-corrected chi connectivity index (χ3v) is 2.81. The lowest BCUT2D eigenvalue weighted by Gasteiger charge is -2.16. The molecule has 0 heterocycles. The molecule has 0 aromatic rings. The van der Waals surface area contributed by atoms with E-state index in [0.717, 1.165) is 14.0 Å². The lowest BCUT2D eigenvalue weighted by Crippen LogP contribution is -2.42. The molecular weight excluding hydrogens is 325 g/mol. The summed E-state index contributed by atoms with van der Waals surface area (Å²) in [6.45, 7) is -0.810. The zero-order valence-corrected chi connectivity index (χ0v) is 11.7. The first kappa shape index (κ1) is 19.5. The second kappa shape index (κ2) is 8.70. The molecule has 1 atom stereocenters. The zero-order valence-electron chi connectivity index (χ0n) is 10.9. The number of hydrogen-bond acceptors (Lipinski definition) is 5. The van der Waals surface area contributed by atoms with Gasteiger partial charge in [0.1, 0.15) is 6.04 Å². The van der Waals surface area contributed by atoms with Gasteiger partial charge in [0.25, 0.3) is 0 Å². The summed E-state index contributed by atoms with van der Waals surface area (Å²) in [7, 11) is 0.987. The Bertz CT molecular complexity index is 413. The standard InChI is InChI=1S/C10H12F5NO4S/c1-5(17)16-6(9(18)19-2)3-21-8(12)7(20-4-11)10(13,14)15/h6H,3-4H2,1-2H3,(H,16,17)/b8-7+/t6-/m0/s1. The van der Waals surface area contributed by atoms with Crippen LogP contribution in [0.5, 0.6) is 0 Å². The highest BCUT2D eigenvalue weighted by atomic mass is 32.2. The minimum Gasteiger partial charge on any atom is -0.467 e. The molecule has 0 aromatic carbocycles. The van der Waals surface area contributed by atoms with Crippen LogP contribution in [0.15, 0.2) is 10.9 Å². The molecule has 0 aromatic heterocycles. The van der Waals surface area contributed by atoms with E-state index in [1.165, 1.54) is 0 Å². The fraction of sp³-hybridized carbons (Fsp3) is 0.600. The number of carbonyl (C=O) groups is 2. The third-order valence-electron chi connectivity index (χ3n) is 1.87. The van der Waals surface area contributed by atoms with E-state index in [1.54, 1.807) is 0 Å². The first-order valence-corrected chi connectivity index (χ1v) is 6.25. The summed E-state index contributed by atoms with van der Waals surface area (Å²) in [6, 6.07) is -1.36. The number of methoxy groups -OCH3 is 1. The van der Waals surface area contributed by atoms with E-state index in [4.69, 9.17) is 0 Å². The molecule has 21 heavy (non-hydrogen) atoms. The van der Waals surface area contributed by atoms with E-state index in [-0.39, 0.29) is 11.8 Å². The molecule has 0 bridgehead atoms. The van der Waals surface area contributed by atoms with Crippen molar-refractivity contribution in [1.29, 1.82) is 0 Å². The van der Waals surface area contributed by atoms with Crippen LogP contribution < -0.4 is 5.32 Å². The fourth-order valence-electron chi connectivity index (χ4n) is 1.08. The molecule has 5 nitrogen and oxygen atoms in total. The van der Waals surface area contributed by atoms with Crippen LogP contribution in [-0.4, -0.2) is 43.8 Å². The van der Waals surface area contributed by atoms with Gasteiger partial charge >= 0.3 is 12.1 Å². The van der Waals surface area contributed by atoms with Crippen LogP contribution in [0.25, 0.3) is 0 Å². The fourth-order valence-corrected chi connectivity index (χ4v) is 1.92. The largest absolute Gasteiger partial charge is 0.467 e. The van der Waals surface area contributed by atoms with Gasteiger partial charge in [-0.15, -0.1) is 0 Å². The van der Waals surface area contributed by atoms with Crippen LogP contribution in [0, 0.1) is 0 Å². The van der Waals surface area contributed by atoms with Gasteiger partial charge in [0.15, 0.2) is 0 Å². The number of hydrogen-bond donors (Lipinski definition) is 1. The molecule has 11 heteroatoms. The van der Waals surface area contributed by atoms with Gasteiger partial charge in [0, 0.05) is 12.7 Å². The van der Waals surface area contributed by atoms with Crippen molar-refractivity contribution in [3.8, 4) is 0 Å². The van der Waals surface area contributed by atoms with Crippen LogP contribution in [0.4, 0.5) is 22.0 Å². The minimum atomic E-state index is -5.22. The predicted molar refractivity (Wildman–Crippen MR) is 63.3 cm³/mol. The summed E-state index contributed by atoms with van der Waals surface area (Å²) in [4.78, 5) is 22.1. The van der Waals surface area contributed by atoms with Crippen molar-refractivity contribution in [2.24, 2.45) is 0 Å². The number of esters is 1. The van der Waals surface area contributed by atoms with E-state index in [0.29, 0.717) is 0 Å². The van der Waals surface area contributed by atoms with Crippen LogP contribution >= 0.6 is 11.8 Å². The van der Waals surface area contributed by atoms with E-state index in [1.807, 2.05) is 0 Å². The number of thioether (sulfide) groups is 1. The molecule has 0 fully saturated rings. The molecule has 122 valence electrons. The second-order valence-electron chi connectivity index (χ2n) is 3.44.